The monoisotopic (exact) mass is 468 g/mol. The first-order valence-electron chi connectivity index (χ1n) is 8.89. The van der Waals surface area contributed by atoms with Crippen molar-refractivity contribution in [2.75, 3.05) is 5.75 Å². The van der Waals surface area contributed by atoms with Crippen LogP contribution in [0.4, 0.5) is 0 Å². The van der Waals surface area contributed by atoms with Crippen molar-refractivity contribution in [3.63, 3.8) is 0 Å². The summed E-state index contributed by atoms with van der Waals surface area (Å²) in [5, 5.41) is 7.54. The molecule has 0 bridgehead atoms. The lowest BCUT2D eigenvalue weighted by Gasteiger charge is -2.13. The van der Waals surface area contributed by atoms with Gasteiger partial charge in [0.15, 0.2) is 16.6 Å². The Kier molecular flexibility index (Phi) is 5.38. The Bertz CT molecular complexity index is 1280. The molecule has 0 unspecified atom stereocenters. The Hall–Kier alpha value is -2.71. The van der Waals surface area contributed by atoms with Gasteiger partial charge in [0, 0.05) is 10.0 Å². The average Bonchev–Trinajstić information content (AvgIpc) is 3.18. The van der Waals surface area contributed by atoms with Crippen LogP contribution in [-0.4, -0.2) is 31.3 Å². The Balaban J connectivity index is 1.74. The zero-order chi connectivity index (χ0) is 20.5. The molecule has 0 amide bonds. The standard InChI is InChI=1S/C21H17BrN4O2S/c1-12-3-8-16(9-13(12)2)26-20(28)17-10-23-25-19(17)24-21(26)29-11-18(27)14-4-6-15(22)7-5-14/h3-10H,11H2,1-2H3,(H,23,25). The molecule has 0 saturated heterocycles. The van der Waals surface area contributed by atoms with E-state index >= 15 is 0 Å². The van der Waals surface area contributed by atoms with Crippen LogP contribution in [-0.2, 0) is 0 Å². The number of carbonyl (C=O) groups excluding carboxylic acids is 1. The van der Waals surface area contributed by atoms with Crippen LogP contribution in [0.5, 0.6) is 0 Å². The number of hydrogen-bond acceptors (Lipinski definition) is 5. The minimum Gasteiger partial charge on any atom is -0.293 e. The average molecular weight is 469 g/mol. The fourth-order valence-corrected chi connectivity index (χ4v) is 4.08. The molecule has 0 aliphatic carbocycles. The van der Waals surface area contributed by atoms with Gasteiger partial charge in [-0.1, -0.05) is 45.9 Å². The molecule has 6 nitrogen and oxygen atoms in total. The van der Waals surface area contributed by atoms with Gasteiger partial charge in [0.2, 0.25) is 0 Å². The third kappa shape index (κ3) is 3.90. The lowest BCUT2D eigenvalue weighted by Crippen LogP contribution is -2.22. The second kappa shape index (κ2) is 7.96. The van der Waals surface area contributed by atoms with Crippen LogP contribution in [0.3, 0.4) is 0 Å². The normalized spacial score (nSPS) is 11.1. The molecular formula is C21H17BrN4O2S. The Morgan fingerprint density at radius 3 is 2.62 bits per heavy atom. The summed E-state index contributed by atoms with van der Waals surface area (Å²) in [4.78, 5) is 30.3. The van der Waals surface area contributed by atoms with E-state index in [2.05, 4.69) is 31.1 Å². The van der Waals surface area contributed by atoms with Crippen LogP contribution < -0.4 is 5.56 Å². The highest BCUT2D eigenvalue weighted by Gasteiger charge is 2.17. The number of ketones is 1. The number of nitrogens with zero attached hydrogens (tertiary/aromatic N) is 3. The highest BCUT2D eigenvalue weighted by Crippen LogP contribution is 2.23. The predicted molar refractivity (Wildman–Crippen MR) is 118 cm³/mol. The third-order valence-electron chi connectivity index (χ3n) is 4.70. The van der Waals surface area contributed by atoms with Gasteiger partial charge in [-0.3, -0.25) is 19.3 Å². The number of hydrogen-bond donors (Lipinski definition) is 1. The molecule has 2 heterocycles. The number of aromatic amines is 1. The van der Waals surface area contributed by atoms with Crippen LogP contribution in [0.25, 0.3) is 16.7 Å². The first kappa shape index (κ1) is 19.6. The summed E-state index contributed by atoms with van der Waals surface area (Å²) in [6.45, 7) is 4.02. The maximum atomic E-state index is 13.1. The fourth-order valence-electron chi connectivity index (χ4n) is 2.91. The van der Waals surface area contributed by atoms with Crippen LogP contribution in [0, 0.1) is 13.8 Å². The van der Waals surface area contributed by atoms with Gasteiger partial charge in [-0.2, -0.15) is 5.10 Å². The lowest BCUT2D eigenvalue weighted by molar-refractivity contribution is 0.102. The quantitative estimate of drug-likeness (QED) is 0.265. The van der Waals surface area contributed by atoms with Crippen molar-refractivity contribution in [1.82, 2.24) is 19.7 Å². The highest BCUT2D eigenvalue weighted by molar-refractivity contribution is 9.10. The molecule has 0 fully saturated rings. The van der Waals surface area contributed by atoms with Gasteiger partial charge < -0.3 is 0 Å². The second-order valence-electron chi connectivity index (χ2n) is 6.65. The van der Waals surface area contributed by atoms with Crippen molar-refractivity contribution in [2.24, 2.45) is 0 Å². The van der Waals surface area contributed by atoms with Crippen molar-refractivity contribution in [3.05, 3.63) is 80.2 Å². The molecule has 29 heavy (non-hydrogen) atoms. The van der Waals surface area contributed by atoms with Crippen molar-refractivity contribution in [3.8, 4) is 5.69 Å². The number of carbonyl (C=O) groups is 1. The first-order valence-corrected chi connectivity index (χ1v) is 10.7. The molecule has 146 valence electrons. The van der Waals surface area contributed by atoms with Crippen LogP contribution in [0.1, 0.15) is 21.5 Å². The van der Waals surface area contributed by atoms with E-state index in [1.165, 1.54) is 18.0 Å². The SMILES string of the molecule is Cc1ccc(-n2c(SCC(=O)c3ccc(Br)cc3)nc3[nH]ncc3c2=O)cc1C. The van der Waals surface area contributed by atoms with Crippen LogP contribution >= 0.6 is 27.7 Å². The summed E-state index contributed by atoms with van der Waals surface area (Å²) in [5.41, 5.74) is 3.73. The van der Waals surface area contributed by atoms with Gasteiger partial charge in [-0.05, 0) is 49.2 Å². The Labute approximate surface area is 179 Å². The number of benzene rings is 2. The van der Waals surface area contributed by atoms with Gasteiger partial charge in [0.05, 0.1) is 17.6 Å². The molecule has 4 aromatic rings. The molecule has 8 heteroatoms. The topological polar surface area (TPSA) is 80.6 Å². The number of thioether (sulfide) groups is 1. The van der Waals surface area contributed by atoms with E-state index in [0.29, 0.717) is 27.4 Å². The predicted octanol–water partition coefficient (Wildman–Crippen LogP) is 4.46. The summed E-state index contributed by atoms with van der Waals surface area (Å²) in [5.74, 6) is 0.131. The molecule has 0 spiro atoms. The van der Waals surface area contributed by atoms with E-state index < -0.39 is 0 Å². The summed E-state index contributed by atoms with van der Waals surface area (Å²) in [7, 11) is 0. The highest BCUT2D eigenvalue weighted by atomic mass is 79.9. The Morgan fingerprint density at radius 1 is 1.14 bits per heavy atom. The van der Waals surface area contributed by atoms with E-state index in [-0.39, 0.29) is 17.1 Å². The van der Waals surface area contributed by atoms with E-state index in [9.17, 15) is 9.59 Å². The van der Waals surface area contributed by atoms with Crippen LogP contribution in [0.15, 0.2) is 63.1 Å². The molecular weight excluding hydrogens is 452 g/mol. The van der Waals surface area contributed by atoms with E-state index in [4.69, 9.17) is 0 Å². The zero-order valence-electron chi connectivity index (χ0n) is 15.8. The molecule has 0 aliphatic rings. The maximum absolute atomic E-state index is 13.1. The first-order chi connectivity index (χ1) is 13.9. The minimum absolute atomic E-state index is 0.0342. The zero-order valence-corrected chi connectivity index (χ0v) is 18.2. The van der Waals surface area contributed by atoms with E-state index in [1.54, 1.807) is 16.7 Å². The molecule has 0 radical (unpaired) electrons. The van der Waals surface area contributed by atoms with Crippen molar-refractivity contribution >= 4 is 44.5 Å². The van der Waals surface area contributed by atoms with Gasteiger partial charge >= 0.3 is 0 Å². The minimum atomic E-state index is -0.217. The van der Waals surface area contributed by atoms with Crippen LogP contribution in [0.2, 0.25) is 0 Å². The molecule has 0 saturated carbocycles. The number of H-pyrrole nitrogens is 1. The largest absolute Gasteiger partial charge is 0.293 e. The van der Waals surface area contributed by atoms with Gasteiger partial charge in [0.1, 0.15) is 5.39 Å². The van der Waals surface area contributed by atoms with Crippen molar-refractivity contribution < 1.29 is 4.79 Å². The molecule has 0 atom stereocenters. The third-order valence-corrected chi connectivity index (χ3v) is 6.17. The fraction of sp³-hybridized carbons (Fsp3) is 0.143. The summed E-state index contributed by atoms with van der Waals surface area (Å²) < 4.78 is 2.46. The number of aryl methyl sites for hydroxylation is 2. The molecule has 2 aromatic heterocycles. The number of aromatic nitrogens is 4. The van der Waals surface area contributed by atoms with Gasteiger partial charge in [-0.25, -0.2) is 4.98 Å². The van der Waals surface area contributed by atoms with Gasteiger partial charge in [0.25, 0.3) is 5.56 Å². The van der Waals surface area contributed by atoms with E-state index in [0.717, 1.165) is 15.6 Å². The summed E-state index contributed by atoms with van der Waals surface area (Å²) in [6.07, 6.45) is 1.48. The Morgan fingerprint density at radius 2 is 1.90 bits per heavy atom. The number of fused-ring (bicyclic) bond motifs is 1. The second-order valence-corrected chi connectivity index (χ2v) is 8.51. The molecule has 2 aromatic carbocycles. The number of rotatable bonds is 5. The number of nitrogens with one attached hydrogen (secondary N) is 1. The smallest absolute Gasteiger partial charge is 0.269 e. The lowest BCUT2D eigenvalue weighted by atomic mass is 10.1. The van der Waals surface area contributed by atoms with Crippen molar-refractivity contribution in [1.29, 1.82) is 0 Å². The number of halogens is 1. The molecule has 4 rings (SSSR count). The van der Waals surface area contributed by atoms with Gasteiger partial charge in [-0.15, -0.1) is 0 Å². The maximum Gasteiger partial charge on any atom is 0.269 e. The molecule has 1 N–H and O–H groups in total. The van der Waals surface area contributed by atoms with Crippen molar-refractivity contribution in [2.45, 2.75) is 19.0 Å². The summed E-state index contributed by atoms with van der Waals surface area (Å²) >= 11 is 4.60. The van der Waals surface area contributed by atoms with E-state index in [1.807, 2.05) is 44.2 Å². The molecule has 0 aliphatic heterocycles. The number of Topliss-reactive ketones (excluding diaryl/α,β-unsaturated/α-hetero) is 1. The summed E-state index contributed by atoms with van der Waals surface area (Å²) in [6, 6.07) is 13.0.